The average Bonchev–Trinajstić information content (AvgIpc) is 2.58. The summed E-state index contributed by atoms with van der Waals surface area (Å²) in [6, 6.07) is 7.41. The lowest BCUT2D eigenvalue weighted by Gasteiger charge is -2.25. The fraction of sp³-hybridized carbons (Fsp3) is 0.550. The van der Waals surface area contributed by atoms with Gasteiger partial charge in [-0.15, -0.1) is 0 Å². The van der Waals surface area contributed by atoms with Crippen LogP contribution in [0.3, 0.4) is 0 Å². The largest absolute Gasteiger partial charge is 0.344 e. The van der Waals surface area contributed by atoms with Crippen LogP contribution in [0, 0.1) is 11.8 Å². The number of nitrogens with one attached hydrogen (secondary N) is 2. The third-order valence-corrected chi connectivity index (χ3v) is 4.10. The lowest BCUT2D eigenvalue weighted by Crippen LogP contribution is -2.55. The Balaban J connectivity index is 2.71. The van der Waals surface area contributed by atoms with Crippen LogP contribution in [-0.2, 0) is 20.8 Å². The van der Waals surface area contributed by atoms with Gasteiger partial charge in [0, 0.05) is 0 Å². The number of nitrogens with two attached hydrogens (primary N) is 1. The highest BCUT2D eigenvalue weighted by Crippen LogP contribution is 2.07. The Morgan fingerprint density at radius 1 is 1.04 bits per heavy atom. The maximum atomic E-state index is 12.6. The number of benzene rings is 1. The van der Waals surface area contributed by atoms with E-state index in [9.17, 15) is 14.4 Å². The first-order valence-corrected chi connectivity index (χ1v) is 9.10. The molecule has 0 bridgehead atoms. The third-order valence-electron chi connectivity index (χ3n) is 4.10. The highest BCUT2D eigenvalue weighted by Gasteiger charge is 2.28. The summed E-state index contributed by atoms with van der Waals surface area (Å²) in [5.74, 6) is -0.571. The molecule has 1 rings (SSSR count). The van der Waals surface area contributed by atoms with Gasteiger partial charge in [0.05, 0.1) is 12.1 Å². The van der Waals surface area contributed by atoms with Crippen molar-refractivity contribution < 1.29 is 14.4 Å². The van der Waals surface area contributed by atoms with Gasteiger partial charge >= 0.3 is 0 Å². The molecule has 0 spiro atoms. The van der Waals surface area contributed by atoms with Gasteiger partial charge in [0.2, 0.25) is 11.8 Å². The van der Waals surface area contributed by atoms with Gasteiger partial charge in [0.1, 0.15) is 12.3 Å². The van der Waals surface area contributed by atoms with E-state index in [-0.39, 0.29) is 23.7 Å². The second-order valence-electron chi connectivity index (χ2n) is 7.41. The minimum atomic E-state index is -0.737. The van der Waals surface area contributed by atoms with Crippen molar-refractivity contribution in [2.45, 2.75) is 58.7 Å². The van der Waals surface area contributed by atoms with Crippen molar-refractivity contribution in [2.75, 3.05) is 0 Å². The summed E-state index contributed by atoms with van der Waals surface area (Å²) in [5, 5.41) is 5.44. The number of hydrogen-bond donors (Lipinski definition) is 3. The first-order chi connectivity index (χ1) is 12.2. The molecule has 0 aromatic heterocycles. The van der Waals surface area contributed by atoms with Crippen molar-refractivity contribution >= 4 is 18.1 Å². The molecular formula is C20H31N3O3. The Morgan fingerprint density at radius 2 is 1.65 bits per heavy atom. The fourth-order valence-corrected chi connectivity index (χ4v) is 2.68. The zero-order valence-electron chi connectivity index (χ0n) is 16.1. The molecule has 0 fully saturated rings. The second kappa shape index (κ2) is 10.7. The summed E-state index contributed by atoms with van der Waals surface area (Å²) in [6.07, 6.45) is 1.67. The minimum Gasteiger partial charge on any atom is -0.344 e. The maximum Gasteiger partial charge on any atom is 0.243 e. The minimum absolute atomic E-state index is 0.130. The van der Waals surface area contributed by atoms with Gasteiger partial charge in [0.25, 0.3) is 0 Å². The molecule has 0 aliphatic rings. The molecule has 6 heteroatoms. The van der Waals surface area contributed by atoms with Gasteiger partial charge in [0.15, 0.2) is 0 Å². The highest BCUT2D eigenvalue weighted by atomic mass is 16.2. The van der Waals surface area contributed by atoms with Crippen molar-refractivity contribution in [1.82, 2.24) is 10.6 Å². The summed E-state index contributed by atoms with van der Waals surface area (Å²) in [6.45, 7) is 7.65. The zero-order valence-corrected chi connectivity index (χ0v) is 16.1. The second-order valence-corrected chi connectivity index (χ2v) is 7.41. The van der Waals surface area contributed by atoms with Gasteiger partial charge in [-0.3, -0.25) is 9.59 Å². The van der Waals surface area contributed by atoms with E-state index in [4.69, 9.17) is 5.73 Å². The van der Waals surface area contributed by atoms with Crippen molar-refractivity contribution in [1.29, 1.82) is 0 Å². The number of carbonyl (C=O) groups is 3. The van der Waals surface area contributed by atoms with Crippen LogP contribution in [0.4, 0.5) is 0 Å². The van der Waals surface area contributed by atoms with E-state index in [1.165, 1.54) is 0 Å². The van der Waals surface area contributed by atoms with Crippen LogP contribution in [0.25, 0.3) is 0 Å². The Morgan fingerprint density at radius 3 is 2.15 bits per heavy atom. The monoisotopic (exact) mass is 361 g/mol. The van der Waals surface area contributed by atoms with Crippen LogP contribution in [0.15, 0.2) is 30.3 Å². The summed E-state index contributed by atoms with van der Waals surface area (Å²) in [4.78, 5) is 36.2. The third kappa shape index (κ3) is 7.35. The Bertz CT molecular complexity index is 587. The van der Waals surface area contributed by atoms with E-state index in [1.54, 1.807) is 0 Å². The van der Waals surface area contributed by atoms with E-state index in [0.717, 1.165) is 5.56 Å². The summed E-state index contributed by atoms with van der Waals surface area (Å²) in [5.41, 5.74) is 6.85. The summed E-state index contributed by atoms with van der Waals surface area (Å²) in [7, 11) is 0. The standard InChI is InChI=1S/C20H31N3O3/c1-13(2)10-17(21)19(25)23-18(14(3)4)20(26)22-16(12-24)11-15-8-6-5-7-9-15/h5-9,12-14,16-18H,10-11,21H2,1-4H3,(H,22,26)(H,23,25)/t16-,17-,18-/m0/s1. The van der Waals surface area contributed by atoms with Crippen LogP contribution >= 0.6 is 0 Å². The highest BCUT2D eigenvalue weighted by molar-refractivity contribution is 5.91. The number of aldehydes is 1. The van der Waals surface area contributed by atoms with E-state index >= 15 is 0 Å². The normalized spacial score (nSPS) is 14.6. The van der Waals surface area contributed by atoms with Crippen LogP contribution < -0.4 is 16.4 Å². The molecule has 144 valence electrons. The average molecular weight is 361 g/mol. The van der Waals surface area contributed by atoms with Gasteiger partial charge in [-0.25, -0.2) is 0 Å². The zero-order chi connectivity index (χ0) is 19.7. The predicted octanol–water partition coefficient (Wildman–Crippen LogP) is 1.43. The molecule has 1 aromatic carbocycles. The van der Waals surface area contributed by atoms with Gasteiger partial charge in [-0.05, 0) is 30.2 Å². The van der Waals surface area contributed by atoms with Crippen molar-refractivity contribution in [3.8, 4) is 0 Å². The maximum absolute atomic E-state index is 12.6. The van der Waals surface area contributed by atoms with Crippen LogP contribution in [0.2, 0.25) is 0 Å². The first kappa shape index (κ1) is 21.8. The molecular weight excluding hydrogens is 330 g/mol. The number of amides is 2. The Hall–Kier alpha value is -2.21. The van der Waals surface area contributed by atoms with E-state index in [1.807, 2.05) is 58.0 Å². The van der Waals surface area contributed by atoms with Crippen molar-refractivity contribution in [3.63, 3.8) is 0 Å². The smallest absolute Gasteiger partial charge is 0.243 e. The lowest BCUT2D eigenvalue weighted by molar-refractivity contribution is -0.131. The summed E-state index contributed by atoms with van der Waals surface area (Å²) >= 11 is 0. The topological polar surface area (TPSA) is 101 Å². The summed E-state index contributed by atoms with van der Waals surface area (Å²) < 4.78 is 0. The Kier molecular flexibility index (Phi) is 8.99. The number of hydrogen-bond acceptors (Lipinski definition) is 4. The molecule has 0 saturated carbocycles. The van der Waals surface area contributed by atoms with E-state index in [0.29, 0.717) is 19.1 Å². The predicted molar refractivity (Wildman–Crippen MR) is 102 cm³/mol. The Labute approximate surface area is 155 Å². The van der Waals surface area contributed by atoms with Crippen LogP contribution in [0.5, 0.6) is 0 Å². The van der Waals surface area contributed by atoms with Gasteiger partial charge < -0.3 is 21.2 Å². The number of carbonyl (C=O) groups excluding carboxylic acids is 3. The molecule has 2 amide bonds. The molecule has 0 aliphatic heterocycles. The van der Waals surface area contributed by atoms with Gasteiger partial charge in [-0.1, -0.05) is 58.0 Å². The molecule has 6 nitrogen and oxygen atoms in total. The lowest BCUT2D eigenvalue weighted by atomic mass is 9.99. The van der Waals surface area contributed by atoms with E-state index in [2.05, 4.69) is 10.6 Å². The molecule has 0 heterocycles. The molecule has 4 N–H and O–H groups in total. The molecule has 1 aromatic rings. The fourth-order valence-electron chi connectivity index (χ4n) is 2.68. The molecule has 0 aliphatic carbocycles. The first-order valence-electron chi connectivity index (χ1n) is 9.10. The van der Waals surface area contributed by atoms with Crippen molar-refractivity contribution in [3.05, 3.63) is 35.9 Å². The molecule has 0 saturated heterocycles. The molecule has 0 unspecified atom stereocenters. The van der Waals surface area contributed by atoms with Crippen LogP contribution in [0.1, 0.15) is 39.7 Å². The van der Waals surface area contributed by atoms with E-state index < -0.39 is 18.1 Å². The molecule has 0 radical (unpaired) electrons. The van der Waals surface area contributed by atoms with Gasteiger partial charge in [-0.2, -0.15) is 0 Å². The quantitative estimate of drug-likeness (QED) is 0.549. The SMILES string of the molecule is CC(C)C[C@H](N)C(=O)N[C@H](C(=O)N[C@H](C=O)Cc1ccccc1)C(C)C. The molecule has 3 atom stereocenters. The van der Waals surface area contributed by atoms with Crippen molar-refractivity contribution in [2.24, 2.45) is 17.6 Å². The van der Waals surface area contributed by atoms with Crippen LogP contribution in [-0.4, -0.2) is 36.2 Å². The molecule has 26 heavy (non-hydrogen) atoms. The number of rotatable bonds is 10.